The van der Waals surface area contributed by atoms with Crippen molar-refractivity contribution in [3.63, 3.8) is 0 Å². The van der Waals surface area contributed by atoms with E-state index >= 15 is 0 Å². The van der Waals surface area contributed by atoms with E-state index in [1.165, 1.54) is 166 Å². The summed E-state index contributed by atoms with van der Waals surface area (Å²) in [6.07, 6.45) is 44.1. The monoisotopic (exact) mass is 796 g/mol. The second-order valence-corrected chi connectivity index (χ2v) is 19.4. The van der Waals surface area contributed by atoms with Crippen molar-refractivity contribution >= 4 is 32.5 Å². The zero-order valence-electron chi connectivity index (χ0n) is 36.2. The van der Waals surface area contributed by atoms with Crippen molar-refractivity contribution < 1.29 is 22.9 Å². The van der Waals surface area contributed by atoms with Crippen LogP contribution in [0.5, 0.6) is 0 Å². The molecular formula is C46H89NO5SSi. The van der Waals surface area contributed by atoms with E-state index in [9.17, 15) is 9.59 Å². The van der Waals surface area contributed by atoms with Crippen molar-refractivity contribution in [2.75, 3.05) is 12.4 Å². The molecule has 6 nitrogen and oxygen atoms in total. The van der Waals surface area contributed by atoms with Crippen LogP contribution in [0.2, 0.25) is 6.04 Å². The molecule has 0 atom stereocenters. The number of nitriles is 1. The molecule has 0 saturated carbocycles. The highest BCUT2D eigenvalue weighted by Gasteiger charge is 2.48. The topological polar surface area (TPSA) is 85.6 Å². The lowest BCUT2D eigenvalue weighted by molar-refractivity contribution is -0.146. The molecule has 0 unspecified atom stereocenters. The summed E-state index contributed by atoms with van der Waals surface area (Å²) >= 11 is 1.31. The molecule has 0 rings (SSSR count). The van der Waals surface area contributed by atoms with Gasteiger partial charge in [0, 0.05) is 31.2 Å². The zero-order chi connectivity index (χ0) is 39.5. The molecule has 0 radical (unpaired) electrons. The first-order valence-electron chi connectivity index (χ1n) is 23.6. The number of carbonyl (C=O) groups excluding carboxylic acids is 2. The fraction of sp³-hybridized carbons (Fsp3) is 0.935. The van der Waals surface area contributed by atoms with E-state index in [4.69, 9.17) is 18.5 Å². The van der Waals surface area contributed by atoms with Gasteiger partial charge < -0.3 is 13.3 Å². The van der Waals surface area contributed by atoms with Crippen LogP contribution in [0.4, 0.5) is 0 Å². The minimum Gasteiger partial charge on any atom is -0.464 e. The number of thioether (sulfide) groups is 1. The van der Waals surface area contributed by atoms with E-state index in [2.05, 4.69) is 19.2 Å². The number of thiocyanates is 1. The highest BCUT2D eigenvalue weighted by Crippen LogP contribution is 2.24. The van der Waals surface area contributed by atoms with Gasteiger partial charge in [0.05, 0.1) is 0 Å². The molecular weight excluding hydrogens is 707 g/mol. The second-order valence-electron chi connectivity index (χ2n) is 15.9. The Labute approximate surface area is 341 Å². The first-order valence-corrected chi connectivity index (χ1v) is 26.5. The highest BCUT2D eigenvalue weighted by molar-refractivity contribution is 8.03. The largest absolute Gasteiger partial charge is 0.636 e. The van der Waals surface area contributed by atoms with Gasteiger partial charge in [0.2, 0.25) is 0 Å². The summed E-state index contributed by atoms with van der Waals surface area (Å²) < 4.78 is 18.2. The maximum atomic E-state index is 13.1. The number of carbonyl (C=O) groups is 2. The van der Waals surface area contributed by atoms with Crippen LogP contribution >= 0.6 is 11.8 Å². The van der Waals surface area contributed by atoms with Crippen molar-refractivity contribution in [1.82, 2.24) is 0 Å². The summed E-state index contributed by atoms with van der Waals surface area (Å²) in [5.41, 5.74) is 0. The molecule has 0 aromatic rings. The van der Waals surface area contributed by atoms with Gasteiger partial charge >= 0.3 is 8.80 Å². The minimum absolute atomic E-state index is 0.280. The first kappa shape index (κ1) is 53.0. The van der Waals surface area contributed by atoms with Crippen molar-refractivity contribution in [3.05, 3.63) is 0 Å². The summed E-state index contributed by atoms with van der Waals surface area (Å²) in [4.78, 5) is 26.2. The van der Waals surface area contributed by atoms with Gasteiger partial charge in [-0.1, -0.05) is 213 Å². The number of nitrogens with zero attached hydrogens (tertiary/aromatic N) is 1. The van der Waals surface area contributed by atoms with E-state index in [0.29, 0.717) is 25.5 Å². The third-order valence-corrected chi connectivity index (χ3v) is 14.1. The second kappa shape index (κ2) is 43.1. The zero-order valence-corrected chi connectivity index (χ0v) is 38.0. The van der Waals surface area contributed by atoms with Crippen LogP contribution in [-0.4, -0.2) is 33.1 Å². The Balaban J connectivity index is 4.45. The van der Waals surface area contributed by atoms with Crippen LogP contribution in [0, 0.1) is 10.7 Å². The molecule has 0 aromatic carbocycles. The van der Waals surface area contributed by atoms with Crippen molar-refractivity contribution in [1.29, 1.82) is 5.26 Å². The smallest absolute Gasteiger partial charge is 0.464 e. The van der Waals surface area contributed by atoms with Gasteiger partial charge in [-0.2, -0.15) is 5.26 Å². The summed E-state index contributed by atoms with van der Waals surface area (Å²) in [5, 5.41) is 10.9. The molecule has 0 aliphatic carbocycles. The Morgan fingerprint density at radius 2 is 0.741 bits per heavy atom. The lowest BCUT2D eigenvalue weighted by Gasteiger charge is -2.28. The summed E-state index contributed by atoms with van der Waals surface area (Å²) in [6.45, 7) is 6.80. The molecule has 0 amide bonds. The van der Waals surface area contributed by atoms with Crippen LogP contribution in [-0.2, 0) is 22.9 Å². The molecule has 54 heavy (non-hydrogen) atoms. The molecule has 0 aliphatic heterocycles. The van der Waals surface area contributed by atoms with E-state index in [0.717, 1.165) is 76.4 Å². The fourth-order valence-corrected chi connectivity index (χ4v) is 10.3. The van der Waals surface area contributed by atoms with Gasteiger partial charge in [-0.3, -0.25) is 9.59 Å². The van der Waals surface area contributed by atoms with E-state index in [1.807, 2.05) is 6.92 Å². The SMILES string of the molecule is CCCCCCCCCCCCCCCCCC(=O)O[Si](CCCCCCCSC#N)(OCC)OC(=O)CCCCCCCCCCCCCCCCC. The predicted octanol–water partition coefficient (Wildman–Crippen LogP) is 15.7. The summed E-state index contributed by atoms with van der Waals surface area (Å²) in [5.74, 6) is 0.304. The lowest BCUT2D eigenvalue weighted by Crippen LogP contribution is -2.49. The third kappa shape index (κ3) is 37.9. The van der Waals surface area contributed by atoms with Crippen LogP contribution in [0.15, 0.2) is 0 Å². The first-order chi connectivity index (χ1) is 26.5. The molecule has 0 saturated heterocycles. The van der Waals surface area contributed by atoms with Gasteiger partial charge in [0.1, 0.15) is 5.40 Å². The van der Waals surface area contributed by atoms with Crippen LogP contribution in [0.25, 0.3) is 0 Å². The Hall–Kier alpha value is -1.04. The Bertz CT molecular complexity index is 805. The molecule has 0 bridgehead atoms. The highest BCUT2D eigenvalue weighted by atomic mass is 32.2. The van der Waals surface area contributed by atoms with Gasteiger partial charge in [0.15, 0.2) is 0 Å². The Morgan fingerprint density at radius 3 is 1.06 bits per heavy atom. The molecule has 0 aliphatic rings. The van der Waals surface area contributed by atoms with E-state index in [-0.39, 0.29) is 11.9 Å². The normalized spacial score (nSPS) is 11.5. The average molecular weight is 796 g/mol. The molecule has 8 heteroatoms. The van der Waals surface area contributed by atoms with E-state index < -0.39 is 8.80 Å². The quantitative estimate of drug-likeness (QED) is 0.0345. The van der Waals surface area contributed by atoms with Crippen molar-refractivity contribution in [3.8, 4) is 5.40 Å². The Kier molecular flexibility index (Phi) is 42.3. The maximum Gasteiger partial charge on any atom is 0.636 e. The predicted molar refractivity (Wildman–Crippen MR) is 235 cm³/mol. The van der Waals surface area contributed by atoms with Gasteiger partial charge in [-0.05, 0) is 44.4 Å². The van der Waals surface area contributed by atoms with Crippen molar-refractivity contribution in [2.24, 2.45) is 0 Å². The fourth-order valence-electron chi connectivity index (χ4n) is 7.30. The minimum atomic E-state index is -3.47. The van der Waals surface area contributed by atoms with Crippen molar-refractivity contribution in [2.45, 2.75) is 264 Å². The standard InChI is InChI=1S/C46H89NO5SSi/c1-4-7-9-11-13-15-17-19-21-23-25-27-29-32-36-40-45(48)51-54(50-6-3,43-39-35-31-34-38-42-53-44-47)52-46(49)41-37-33-30-28-26-24-22-20-18-16-14-12-10-8-5-2/h4-43H2,1-3H3. The Morgan fingerprint density at radius 1 is 0.444 bits per heavy atom. The molecule has 0 fully saturated rings. The van der Waals surface area contributed by atoms with E-state index in [1.54, 1.807) is 0 Å². The van der Waals surface area contributed by atoms with Gasteiger partial charge in [-0.15, -0.1) is 0 Å². The van der Waals surface area contributed by atoms with Crippen LogP contribution in [0.3, 0.4) is 0 Å². The average Bonchev–Trinajstić information content (AvgIpc) is 3.16. The molecule has 0 heterocycles. The van der Waals surface area contributed by atoms with Gasteiger partial charge in [0.25, 0.3) is 11.9 Å². The molecule has 318 valence electrons. The molecule has 0 N–H and O–H groups in total. The third-order valence-electron chi connectivity index (χ3n) is 10.7. The number of unbranched alkanes of at least 4 members (excludes halogenated alkanes) is 32. The van der Waals surface area contributed by atoms with Crippen LogP contribution in [0.1, 0.15) is 258 Å². The summed E-state index contributed by atoms with van der Waals surface area (Å²) in [7, 11) is -3.47. The lowest BCUT2D eigenvalue weighted by atomic mass is 10.0. The molecule has 0 aromatic heterocycles. The van der Waals surface area contributed by atoms with Crippen LogP contribution < -0.4 is 0 Å². The number of hydrogen-bond acceptors (Lipinski definition) is 7. The summed E-state index contributed by atoms with van der Waals surface area (Å²) in [6, 6.07) is 0.489. The maximum absolute atomic E-state index is 13.1. The number of hydrogen-bond donors (Lipinski definition) is 0. The number of rotatable bonds is 44. The molecule has 0 spiro atoms. The van der Waals surface area contributed by atoms with Gasteiger partial charge in [-0.25, -0.2) is 0 Å².